The maximum absolute atomic E-state index is 11.3. The third-order valence-corrected chi connectivity index (χ3v) is 3.25. The first-order valence-corrected chi connectivity index (χ1v) is 5.09. The molecule has 0 saturated carbocycles. The highest BCUT2D eigenvalue weighted by atomic mass is 16.1. The number of amides is 1. The predicted octanol–water partition coefficient (Wildman–Crippen LogP) is -0.483. The van der Waals surface area contributed by atoms with Crippen LogP contribution >= 0.6 is 0 Å². The van der Waals surface area contributed by atoms with Gasteiger partial charge in [0.15, 0.2) is 0 Å². The molecule has 1 amide bonds. The van der Waals surface area contributed by atoms with E-state index in [0.29, 0.717) is 6.54 Å². The molecule has 0 radical (unpaired) electrons. The second-order valence-electron chi connectivity index (χ2n) is 4.08. The first-order chi connectivity index (χ1) is 7.11. The zero-order valence-electron chi connectivity index (χ0n) is 9.03. The van der Waals surface area contributed by atoms with Crippen molar-refractivity contribution >= 4 is 5.91 Å². The van der Waals surface area contributed by atoms with Crippen molar-refractivity contribution in [2.45, 2.75) is 12.8 Å². The number of carbonyl (C=O) groups excluding carboxylic acids is 1. The van der Waals surface area contributed by atoms with E-state index in [4.69, 9.17) is 5.73 Å². The Bertz CT molecular complexity index is 385. The molecule has 82 valence electrons. The molecule has 1 fully saturated rings. The SMILES string of the molecule is Cc1c(C2CNCC2C(N)=O)cnn1C. The number of nitrogens with one attached hydrogen (secondary N) is 1. The van der Waals surface area contributed by atoms with E-state index >= 15 is 0 Å². The lowest BCUT2D eigenvalue weighted by molar-refractivity contribution is -0.121. The Morgan fingerprint density at radius 3 is 2.93 bits per heavy atom. The van der Waals surface area contributed by atoms with Crippen molar-refractivity contribution in [3.8, 4) is 0 Å². The molecule has 5 nitrogen and oxygen atoms in total. The number of hydrogen-bond acceptors (Lipinski definition) is 3. The van der Waals surface area contributed by atoms with E-state index in [1.165, 1.54) is 0 Å². The number of aryl methyl sites for hydroxylation is 1. The van der Waals surface area contributed by atoms with Crippen LogP contribution in [0.1, 0.15) is 17.2 Å². The van der Waals surface area contributed by atoms with E-state index in [1.54, 1.807) is 0 Å². The van der Waals surface area contributed by atoms with Crippen LogP contribution in [0.3, 0.4) is 0 Å². The van der Waals surface area contributed by atoms with Gasteiger partial charge in [-0.2, -0.15) is 5.10 Å². The van der Waals surface area contributed by atoms with E-state index in [2.05, 4.69) is 10.4 Å². The standard InChI is InChI=1S/C10H16N4O/c1-6-7(5-13-14(6)2)8-3-12-4-9(8)10(11)15/h5,8-9,12H,3-4H2,1-2H3,(H2,11,15). The molecule has 1 aromatic heterocycles. The molecule has 2 atom stereocenters. The molecule has 3 N–H and O–H groups in total. The van der Waals surface area contributed by atoms with Crippen molar-refractivity contribution in [3.63, 3.8) is 0 Å². The Kier molecular flexibility index (Phi) is 2.48. The van der Waals surface area contributed by atoms with Crippen molar-refractivity contribution in [1.82, 2.24) is 15.1 Å². The summed E-state index contributed by atoms with van der Waals surface area (Å²) in [5, 5.41) is 7.39. The van der Waals surface area contributed by atoms with Gasteiger partial charge in [-0.3, -0.25) is 9.48 Å². The van der Waals surface area contributed by atoms with Gasteiger partial charge in [-0.05, 0) is 12.5 Å². The second-order valence-corrected chi connectivity index (χ2v) is 4.08. The zero-order valence-corrected chi connectivity index (χ0v) is 9.03. The maximum Gasteiger partial charge on any atom is 0.222 e. The summed E-state index contributed by atoms with van der Waals surface area (Å²) < 4.78 is 1.83. The van der Waals surface area contributed by atoms with Crippen molar-refractivity contribution in [2.75, 3.05) is 13.1 Å². The summed E-state index contributed by atoms with van der Waals surface area (Å²) in [5.74, 6) is -0.155. The lowest BCUT2D eigenvalue weighted by Gasteiger charge is -2.14. The largest absolute Gasteiger partial charge is 0.369 e. The lowest BCUT2D eigenvalue weighted by atomic mass is 9.89. The van der Waals surface area contributed by atoms with Crippen LogP contribution in [-0.2, 0) is 11.8 Å². The molecule has 2 unspecified atom stereocenters. The average Bonchev–Trinajstić information content (AvgIpc) is 2.75. The highest BCUT2D eigenvalue weighted by molar-refractivity contribution is 5.78. The topological polar surface area (TPSA) is 72.9 Å². The predicted molar refractivity (Wildman–Crippen MR) is 56.2 cm³/mol. The molecule has 1 saturated heterocycles. The number of hydrogen-bond donors (Lipinski definition) is 2. The van der Waals surface area contributed by atoms with Crippen LogP contribution in [0.4, 0.5) is 0 Å². The Morgan fingerprint density at radius 2 is 2.40 bits per heavy atom. The molecule has 0 aromatic carbocycles. The molecule has 0 aliphatic carbocycles. The molecule has 0 bridgehead atoms. The van der Waals surface area contributed by atoms with Crippen molar-refractivity contribution in [2.24, 2.45) is 18.7 Å². The van der Waals surface area contributed by atoms with Gasteiger partial charge in [-0.1, -0.05) is 0 Å². The van der Waals surface area contributed by atoms with E-state index in [0.717, 1.165) is 17.8 Å². The molecule has 1 aliphatic rings. The molecule has 2 heterocycles. The van der Waals surface area contributed by atoms with Gasteiger partial charge >= 0.3 is 0 Å². The number of nitrogens with zero attached hydrogens (tertiary/aromatic N) is 2. The monoisotopic (exact) mass is 208 g/mol. The third kappa shape index (κ3) is 1.63. The summed E-state index contributed by atoms with van der Waals surface area (Å²) in [6, 6.07) is 0. The summed E-state index contributed by atoms with van der Waals surface area (Å²) in [7, 11) is 1.90. The minimum absolute atomic E-state index is 0.104. The van der Waals surface area contributed by atoms with Gasteiger partial charge in [-0.15, -0.1) is 0 Å². The molecular weight excluding hydrogens is 192 g/mol. The van der Waals surface area contributed by atoms with Crippen LogP contribution in [0.2, 0.25) is 0 Å². The van der Waals surface area contributed by atoms with Gasteiger partial charge in [0.25, 0.3) is 0 Å². The van der Waals surface area contributed by atoms with E-state index in [9.17, 15) is 4.79 Å². The molecule has 0 spiro atoms. The third-order valence-electron chi connectivity index (χ3n) is 3.25. The summed E-state index contributed by atoms with van der Waals surface area (Å²) in [5.41, 5.74) is 7.61. The highest BCUT2D eigenvalue weighted by Crippen LogP contribution is 2.29. The zero-order chi connectivity index (χ0) is 11.0. The number of carbonyl (C=O) groups is 1. The molecule has 1 aromatic rings. The van der Waals surface area contributed by atoms with Crippen LogP contribution in [0.5, 0.6) is 0 Å². The minimum atomic E-state index is -0.228. The number of primary amides is 1. The highest BCUT2D eigenvalue weighted by Gasteiger charge is 2.34. The Hall–Kier alpha value is -1.36. The van der Waals surface area contributed by atoms with Crippen LogP contribution in [-0.4, -0.2) is 28.8 Å². The fraction of sp³-hybridized carbons (Fsp3) is 0.600. The first kappa shape index (κ1) is 10.2. The first-order valence-electron chi connectivity index (χ1n) is 5.09. The fourth-order valence-electron chi connectivity index (χ4n) is 2.18. The number of rotatable bonds is 2. The Labute approximate surface area is 88.6 Å². The van der Waals surface area contributed by atoms with Crippen molar-refractivity contribution < 1.29 is 4.79 Å². The number of nitrogens with two attached hydrogens (primary N) is 1. The van der Waals surface area contributed by atoms with Gasteiger partial charge in [0.2, 0.25) is 5.91 Å². The van der Waals surface area contributed by atoms with Crippen LogP contribution in [0, 0.1) is 12.8 Å². The van der Waals surface area contributed by atoms with Gasteiger partial charge in [0.1, 0.15) is 0 Å². The molecule has 1 aliphatic heterocycles. The van der Waals surface area contributed by atoms with E-state index < -0.39 is 0 Å². The summed E-state index contributed by atoms with van der Waals surface area (Å²) in [6.07, 6.45) is 1.84. The van der Waals surface area contributed by atoms with Gasteiger partial charge in [0, 0.05) is 31.7 Å². The summed E-state index contributed by atoms with van der Waals surface area (Å²) in [4.78, 5) is 11.3. The van der Waals surface area contributed by atoms with Gasteiger partial charge < -0.3 is 11.1 Å². The average molecular weight is 208 g/mol. The molecule has 2 rings (SSSR count). The minimum Gasteiger partial charge on any atom is -0.369 e. The van der Waals surface area contributed by atoms with Gasteiger partial charge in [0.05, 0.1) is 12.1 Å². The van der Waals surface area contributed by atoms with Crippen LogP contribution < -0.4 is 11.1 Å². The number of aromatic nitrogens is 2. The maximum atomic E-state index is 11.3. The fourth-order valence-corrected chi connectivity index (χ4v) is 2.18. The van der Waals surface area contributed by atoms with Crippen LogP contribution in [0.15, 0.2) is 6.20 Å². The molecular formula is C10H16N4O. The Morgan fingerprint density at radius 1 is 1.67 bits per heavy atom. The van der Waals surface area contributed by atoms with Crippen LogP contribution in [0.25, 0.3) is 0 Å². The van der Waals surface area contributed by atoms with Crippen molar-refractivity contribution in [3.05, 3.63) is 17.5 Å². The van der Waals surface area contributed by atoms with E-state index in [-0.39, 0.29) is 17.7 Å². The Balaban J connectivity index is 2.30. The summed E-state index contributed by atoms with van der Waals surface area (Å²) >= 11 is 0. The molecule has 15 heavy (non-hydrogen) atoms. The molecule has 5 heteroatoms. The van der Waals surface area contributed by atoms with Gasteiger partial charge in [-0.25, -0.2) is 0 Å². The summed E-state index contributed by atoms with van der Waals surface area (Å²) in [6.45, 7) is 3.49. The normalized spacial score (nSPS) is 25.7. The van der Waals surface area contributed by atoms with Crippen molar-refractivity contribution in [1.29, 1.82) is 0 Å². The smallest absolute Gasteiger partial charge is 0.222 e. The lowest BCUT2D eigenvalue weighted by Crippen LogP contribution is -2.28. The second kappa shape index (κ2) is 3.66. The van der Waals surface area contributed by atoms with E-state index in [1.807, 2.05) is 24.9 Å². The quantitative estimate of drug-likeness (QED) is 0.689.